The van der Waals surface area contributed by atoms with Crippen molar-refractivity contribution in [3.8, 4) is 0 Å². The number of nitrogens with one attached hydrogen (secondary N) is 1. The molecule has 0 bridgehead atoms. The van der Waals surface area contributed by atoms with Crippen LogP contribution >= 0.6 is 11.6 Å². The van der Waals surface area contributed by atoms with Crippen LogP contribution in [-0.2, 0) is 0 Å². The highest BCUT2D eigenvalue weighted by atomic mass is 35.5. The second-order valence-corrected chi connectivity index (χ2v) is 5.12. The zero-order valence-electron chi connectivity index (χ0n) is 11.0. The van der Waals surface area contributed by atoms with Crippen LogP contribution in [0, 0.1) is 6.92 Å². The van der Waals surface area contributed by atoms with E-state index in [9.17, 15) is 0 Å². The molecule has 0 spiro atoms. The van der Waals surface area contributed by atoms with Gasteiger partial charge in [0.25, 0.3) is 0 Å². The highest BCUT2D eigenvalue weighted by Crippen LogP contribution is 2.30. The molecule has 1 aromatic heterocycles. The van der Waals surface area contributed by atoms with Crippen molar-refractivity contribution in [2.24, 2.45) is 0 Å². The number of nitrogen functional groups attached to an aromatic ring is 1. The summed E-state index contributed by atoms with van der Waals surface area (Å²) in [4.78, 5) is 4.17. The minimum atomic E-state index is 0.743. The molecular formula is C16H14ClN3. The van der Waals surface area contributed by atoms with E-state index in [4.69, 9.17) is 17.3 Å². The molecule has 3 N–H and O–H groups in total. The number of halogens is 1. The number of pyridine rings is 1. The maximum atomic E-state index is 6.15. The molecule has 0 aliphatic rings. The van der Waals surface area contributed by atoms with Gasteiger partial charge >= 0.3 is 0 Å². The fraction of sp³-hybridized carbons (Fsp3) is 0.0625. The summed E-state index contributed by atoms with van der Waals surface area (Å²) >= 11 is 6.15. The molecule has 0 amide bonds. The lowest BCUT2D eigenvalue weighted by Gasteiger charge is -2.12. The Labute approximate surface area is 122 Å². The lowest BCUT2D eigenvalue weighted by Crippen LogP contribution is -1.95. The van der Waals surface area contributed by atoms with Gasteiger partial charge in [-0.25, -0.2) is 0 Å². The van der Waals surface area contributed by atoms with Crippen molar-refractivity contribution >= 4 is 39.4 Å². The molecule has 0 fully saturated rings. The maximum absolute atomic E-state index is 6.15. The zero-order valence-corrected chi connectivity index (χ0v) is 11.8. The molecule has 0 aliphatic heterocycles. The fourth-order valence-corrected chi connectivity index (χ4v) is 2.33. The Bertz CT molecular complexity index is 784. The topological polar surface area (TPSA) is 50.9 Å². The molecule has 3 rings (SSSR count). The summed E-state index contributed by atoms with van der Waals surface area (Å²) in [7, 11) is 0. The molecule has 0 saturated carbocycles. The van der Waals surface area contributed by atoms with E-state index in [1.165, 1.54) is 0 Å². The standard InChI is InChI=1S/C16H14ClN3/c1-10-2-3-11(8-14(10)17)20-16-5-4-15(18)12-6-7-19-9-13(12)16/h2-9,20H,18H2,1H3. The summed E-state index contributed by atoms with van der Waals surface area (Å²) in [5.74, 6) is 0. The van der Waals surface area contributed by atoms with Gasteiger partial charge in [-0.3, -0.25) is 4.98 Å². The molecule has 1 heterocycles. The summed E-state index contributed by atoms with van der Waals surface area (Å²) in [5, 5.41) is 6.08. The predicted molar refractivity (Wildman–Crippen MR) is 85.6 cm³/mol. The summed E-state index contributed by atoms with van der Waals surface area (Å²) < 4.78 is 0. The van der Waals surface area contributed by atoms with Crippen LogP contribution < -0.4 is 11.1 Å². The average molecular weight is 284 g/mol. The van der Waals surface area contributed by atoms with Gasteiger partial charge in [0.05, 0.1) is 0 Å². The normalized spacial score (nSPS) is 10.7. The lowest BCUT2D eigenvalue weighted by molar-refractivity contribution is 1.36. The number of aryl methyl sites for hydroxylation is 1. The van der Waals surface area contributed by atoms with Crippen LogP contribution in [0.4, 0.5) is 17.1 Å². The molecule has 3 nitrogen and oxygen atoms in total. The third-order valence-corrected chi connectivity index (χ3v) is 3.71. The highest BCUT2D eigenvalue weighted by Gasteiger charge is 2.05. The van der Waals surface area contributed by atoms with E-state index in [1.54, 1.807) is 6.20 Å². The number of nitrogens with zero attached hydrogens (tertiary/aromatic N) is 1. The van der Waals surface area contributed by atoms with Crippen molar-refractivity contribution in [2.45, 2.75) is 6.92 Å². The van der Waals surface area contributed by atoms with Gasteiger partial charge in [-0.1, -0.05) is 17.7 Å². The number of fused-ring (bicyclic) bond motifs is 1. The third-order valence-electron chi connectivity index (χ3n) is 3.30. The van der Waals surface area contributed by atoms with Gasteiger partial charge in [0, 0.05) is 45.3 Å². The van der Waals surface area contributed by atoms with Crippen molar-refractivity contribution in [1.29, 1.82) is 0 Å². The first-order valence-electron chi connectivity index (χ1n) is 6.30. The summed E-state index contributed by atoms with van der Waals surface area (Å²) in [6.07, 6.45) is 3.55. The molecule has 100 valence electrons. The zero-order chi connectivity index (χ0) is 14.1. The minimum absolute atomic E-state index is 0.743. The number of hydrogen-bond donors (Lipinski definition) is 2. The third kappa shape index (κ3) is 2.28. The summed E-state index contributed by atoms with van der Waals surface area (Å²) in [5.41, 5.74) is 9.69. The van der Waals surface area contributed by atoms with Crippen LogP contribution in [0.5, 0.6) is 0 Å². The lowest BCUT2D eigenvalue weighted by atomic mass is 10.1. The van der Waals surface area contributed by atoms with Crippen LogP contribution in [0.1, 0.15) is 5.56 Å². The molecule has 0 unspecified atom stereocenters. The molecule has 0 saturated heterocycles. The van der Waals surface area contributed by atoms with Crippen molar-refractivity contribution in [3.63, 3.8) is 0 Å². The Morgan fingerprint density at radius 2 is 1.95 bits per heavy atom. The monoisotopic (exact) mass is 283 g/mol. The molecular weight excluding hydrogens is 270 g/mol. The van der Waals surface area contributed by atoms with Gasteiger partial charge in [-0.15, -0.1) is 0 Å². The Morgan fingerprint density at radius 3 is 2.75 bits per heavy atom. The number of aromatic nitrogens is 1. The number of rotatable bonds is 2. The van der Waals surface area contributed by atoms with Crippen molar-refractivity contribution < 1.29 is 0 Å². The Balaban J connectivity index is 2.06. The van der Waals surface area contributed by atoms with Crippen molar-refractivity contribution in [1.82, 2.24) is 4.98 Å². The second-order valence-electron chi connectivity index (χ2n) is 4.71. The largest absolute Gasteiger partial charge is 0.398 e. The van der Waals surface area contributed by atoms with Crippen LogP contribution in [0.3, 0.4) is 0 Å². The molecule has 20 heavy (non-hydrogen) atoms. The minimum Gasteiger partial charge on any atom is -0.398 e. The number of benzene rings is 2. The van der Waals surface area contributed by atoms with Crippen molar-refractivity contribution in [2.75, 3.05) is 11.1 Å². The van der Waals surface area contributed by atoms with E-state index in [2.05, 4.69) is 10.3 Å². The Kier molecular flexibility index (Phi) is 3.20. The van der Waals surface area contributed by atoms with Gasteiger partial charge < -0.3 is 11.1 Å². The number of hydrogen-bond acceptors (Lipinski definition) is 3. The average Bonchev–Trinajstić information content (AvgIpc) is 2.46. The SMILES string of the molecule is Cc1ccc(Nc2ccc(N)c3ccncc23)cc1Cl. The Hall–Kier alpha value is -2.26. The number of anilines is 3. The van der Waals surface area contributed by atoms with E-state index in [1.807, 2.05) is 49.5 Å². The van der Waals surface area contributed by atoms with E-state index < -0.39 is 0 Å². The van der Waals surface area contributed by atoms with Crippen LogP contribution in [0.15, 0.2) is 48.8 Å². The van der Waals surface area contributed by atoms with Gasteiger partial charge in [0.1, 0.15) is 0 Å². The van der Waals surface area contributed by atoms with Crippen molar-refractivity contribution in [3.05, 3.63) is 59.4 Å². The van der Waals surface area contributed by atoms with Gasteiger partial charge in [0.2, 0.25) is 0 Å². The first kappa shape index (κ1) is 12.8. The fourth-order valence-electron chi connectivity index (χ4n) is 2.15. The van der Waals surface area contributed by atoms with Gasteiger partial charge in [-0.05, 0) is 42.8 Å². The van der Waals surface area contributed by atoms with E-state index in [0.29, 0.717) is 0 Å². The second kappa shape index (κ2) is 5.02. The predicted octanol–water partition coefficient (Wildman–Crippen LogP) is 4.52. The first-order chi connectivity index (χ1) is 9.65. The van der Waals surface area contributed by atoms with Crippen LogP contribution in [-0.4, -0.2) is 4.98 Å². The first-order valence-corrected chi connectivity index (χ1v) is 6.68. The number of nitrogens with two attached hydrogens (primary N) is 1. The van der Waals surface area contributed by atoms with Gasteiger partial charge in [0.15, 0.2) is 0 Å². The van der Waals surface area contributed by atoms with Gasteiger partial charge in [-0.2, -0.15) is 0 Å². The van der Waals surface area contributed by atoms with Crippen LogP contribution in [0.2, 0.25) is 5.02 Å². The highest BCUT2D eigenvalue weighted by molar-refractivity contribution is 6.31. The quantitative estimate of drug-likeness (QED) is 0.680. The van der Waals surface area contributed by atoms with E-state index in [-0.39, 0.29) is 0 Å². The molecule has 0 aliphatic carbocycles. The molecule has 4 heteroatoms. The van der Waals surface area contributed by atoms with E-state index in [0.717, 1.165) is 38.4 Å². The molecule has 0 atom stereocenters. The Morgan fingerprint density at radius 1 is 1.10 bits per heavy atom. The summed E-state index contributed by atoms with van der Waals surface area (Å²) in [6.45, 7) is 1.98. The molecule has 3 aromatic rings. The van der Waals surface area contributed by atoms with E-state index >= 15 is 0 Å². The molecule has 0 radical (unpaired) electrons. The smallest absolute Gasteiger partial charge is 0.0481 e. The maximum Gasteiger partial charge on any atom is 0.0481 e. The van der Waals surface area contributed by atoms with Crippen LogP contribution in [0.25, 0.3) is 10.8 Å². The molecule has 2 aromatic carbocycles. The summed E-state index contributed by atoms with van der Waals surface area (Å²) in [6, 6.07) is 11.7.